The Morgan fingerprint density at radius 1 is 1.33 bits per heavy atom. The average Bonchev–Trinajstić information content (AvgIpc) is 2.94. The lowest BCUT2D eigenvalue weighted by molar-refractivity contribution is -0.121. The largest absolute Gasteiger partial charge is 0.490 e. The topological polar surface area (TPSA) is 38.3 Å². The molecule has 2 fully saturated rings. The summed E-state index contributed by atoms with van der Waals surface area (Å²) in [7, 11) is 0. The van der Waals surface area contributed by atoms with Crippen LogP contribution in [0.1, 0.15) is 51.0 Å². The molecule has 2 aliphatic rings. The molecule has 3 heteroatoms. The number of carbonyl (C=O) groups is 1. The summed E-state index contributed by atoms with van der Waals surface area (Å²) in [6.45, 7) is 2.18. The van der Waals surface area contributed by atoms with Crippen LogP contribution >= 0.6 is 0 Å². The minimum absolute atomic E-state index is 0.173. The van der Waals surface area contributed by atoms with Crippen LogP contribution in [0.4, 0.5) is 0 Å². The van der Waals surface area contributed by atoms with Crippen molar-refractivity contribution >= 4 is 5.91 Å². The maximum atomic E-state index is 11.8. The van der Waals surface area contributed by atoms with E-state index in [0.717, 1.165) is 18.6 Å². The maximum Gasteiger partial charge on any atom is 0.220 e. The highest BCUT2D eigenvalue weighted by atomic mass is 16.5. The van der Waals surface area contributed by atoms with Crippen LogP contribution < -0.4 is 10.1 Å². The Balaban J connectivity index is 1.47. The lowest BCUT2D eigenvalue weighted by Gasteiger charge is -2.13. The molecule has 0 radical (unpaired) electrons. The van der Waals surface area contributed by atoms with Gasteiger partial charge in [-0.2, -0.15) is 0 Å². The lowest BCUT2D eigenvalue weighted by atomic mass is 10.1. The Kier molecular flexibility index (Phi) is 4.47. The highest BCUT2D eigenvalue weighted by molar-refractivity contribution is 5.76. The van der Waals surface area contributed by atoms with E-state index in [1.807, 2.05) is 12.1 Å². The van der Waals surface area contributed by atoms with Crippen molar-refractivity contribution in [1.82, 2.24) is 5.32 Å². The molecule has 0 saturated heterocycles. The van der Waals surface area contributed by atoms with Gasteiger partial charge in [-0.15, -0.1) is 0 Å². The van der Waals surface area contributed by atoms with Gasteiger partial charge in [-0.25, -0.2) is 0 Å². The van der Waals surface area contributed by atoms with Crippen molar-refractivity contribution in [2.75, 3.05) is 0 Å². The molecule has 2 unspecified atom stereocenters. The molecule has 1 amide bonds. The van der Waals surface area contributed by atoms with Crippen molar-refractivity contribution in [3.05, 3.63) is 29.8 Å². The van der Waals surface area contributed by atoms with Gasteiger partial charge in [-0.1, -0.05) is 19.1 Å². The smallest absolute Gasteiger partial charge is 0.220 e. The van der Waals surface area contributed by atoms with Crippen LogP contribution in [0.5, 0.6) is 5.75 Å². The van der Waals surface area contributed by atoms with Gasteiger partial charge in [-0.3, -0.25) is 4.79 Å². The van der Waals surface area contributed by atoms with Crippen molar-refractivity contribution in [2.45, 2.75) is 64.0 Å². The number of benzene rings is 1. The molecule has 1 aromatic rings. The normalized spacial score (nSPS) is 24.8. The number of nitrogens with one attached hydrogen (secondary N) is 1. The molecule has 2 aliphatic carbocycles. The molecule has 3 nitrogen and oxygen atoms in total. The van der Waals surface area contributed by atoms with Crippen LogP contribution in [0.3, 0.4) is 0 Å². The van der Waals surface area contributed by atoms with Gasteiger partial charge in [0.25, 0.3) is 0 Å². The van der Waals surface area contributed by atoms with Crippen molar-refractivity contribution < 1.29 is 9.53 Å². The van der Waals surface area contributed by atoms with E-state index in [2.05, 4.69) is 24.4 Å². The molecule has 2 saturated carbocycles. The minimum atomic E-state index is 0.173. The Hall–Kier alpha value is -1.51. The van der Waals surface area contributed by atoms with Gasteiger partial charge < -0.3 is 10.1 Å². The van der Waals surface area contributed by atoms with Crippen molar-refractivity contribution in [1.29, 1.82) is 0 Å². The summed E-state index contributed by atoms with van der Waals surface area (Å²) in [4.78, 5) is 11.8. The second-order valence-corrected chi connectivity index (χ2v) is 6.56. The van der Waals surface area contributed by atoms with E-state index < -0.39 is 0 Å². The predicted octanol–water partition coefficient (Wildman–Crippen LogP) is 3.47. The van der Waals surface area contributed by atoms with E-state index >= 15 is 0 Å². The number of hydrogen-bond donors (Lipinski definition) is 1. The SMILES string of the molecule is CC1CC1NC(=O)CCc1cccc(OC2CCCC2)c1. The summed E-state index contributed by atoms with van der Waals surface area (Å²) in [5, 5.41) is 3.08. The highest BCUT2D eigenvalue weighted by Gasteiger charge is 2.33. The van der Waals surface area contributed by atoms with Crippen LogP contribution in [-0.2, 0) is 11.2 Å². The number of carbonyl (C=O) groups excluding carboxylic acids is 1. The zero-order valence-corrected chi connectivity index (χ0v) is 12.8. The quantitative estimate of drug-likeness (QED) is 0.870. The van der Waals surface area contributed by atoms with Gasteiger partial charge in [0.1, 0.15) is 5.75 Å². The van der Waals surface area contributed by atoms with Gasteiger partial charge in [0.15, 0.2) is 0 Å². The van der Waals surface area contributed by atoms with Crippen LogP contribution in [0.15, 0.2) is 24.3 Å². The first-order chi connectivity index (χ1) is 10.2. The number of hydrogen-bond acceptors (Lipinski definition) is 2. The summed E-state index contributed by atoms with van der Waals surface area (Å²) in [5.41, 5.74) is 1.18. The average molecular weight is 287 g/mol. The molecule has 0 aliphatic heterocycles. The van der Waals surface area contributed by atoms with Crippen molar-refractivity contribution in [2.24, 2.45) is 5.92 Å². The molecule has 0 heterocycles. The molecule has 3 rings (SSSR count). The summed E-state index contributed by atoms with van der Waals surface area (Å²) in [5.74, 6) is 1.79. The van der Waals surface area contributed by atoms with Crippen molar-refractivity contribution in [3.63, 3.8) is 0 Å². The van der Waals surface area contributed by atoms with E-state index in [-0.39, 0.29) is 5.91 Å². The predicted molar refractivity (Wildman–Crippen MR) is 83.4 cm³/mol. The summed E-state index contributed by atoms with van der Waals surface area (Å²) < 4.78 is 6.01. The highest BCUT2D eigenvalue weighted by Crippen LogP contribution is 2.29. The third-order valence-corrected chi connectivity index (χ3v) is 4.60. The van der Waals surface area contributed by atoms with Crippen LogP contribution in [-0.4, -0.2) is 18.1 Å². The Labute approximate surface area is 127 Å². The summed E-state index contributed by atoms with van der Waals surface area (Å²) in [6, 6.07) is 8.64. The minimum Gasteiger partial charge on any atom is -0.490 e. The number of ether oxygens (including phenoxy) is 1. The Morgan fingerprint density at radius 3 is 2.81 bits per heavy atom. The maximum absolute atomic E-state index is 11.8. The van der Waals surface area contributed by atoms with E-state index in [9.17, 15) is 4.79 Å². The molecule has 0 bridgehead atoms. The van der Waals surface area contributed by atoms with E-state index in [1.165, 1.54) is 31.2 Å². The zero-order chi connectivity index (χ0) is 14.7. The first-order valence-corrected chi connectivity index (χ1v) is 8.25. The molecule has 0 spiro atoms. The van der Waals surface area contributed by atoms with Crippen molar-refractivity contribution in [3.8, 4) is 5.75 Å². The summed E-state index contributed by atoms with van der Waals surface area (Å²) >= 11 is 0. The van der Waals surface area contributed by atoms with Crippen LogP contribution in [0, 0.1) is 5.92 Å². The van der Waals surface area contributed by atoms with Gasteiger partial charge >= 0.3 is 0 Å². The fourth-order valence-corrected chi connectivity index (χ4v) is 3.03. The van der Waals surface area contributed by atoms with Gasteiger partial charge in [-0.05, 0) is 62.1 Å². The first kappa shape index (κ1) is 14.4. The molecule has 2 atom stereocenters. The van der Waals surface area contributed by atoms with Gasteiger partial charge in [0.2, 0.25) is 5.91 Å². The molecule has 21 heavy (non-hydrogen) atoms. The fraction of sp³-hybridized carbons (Fsp3) is 0.611. The van der Waals surface area contributed by atoms with Crippen LogP contribution in [0.25, 0.3) is 0 Å². The third-order valence-electron chi connectivity index (χ3n) is 4.60. The monoisotopic (exact) mass is 287 g/mol. The Bertz CT molecular complexity index is 494. The molecule has 1 aromatic carbocycles. The molecular formula is C18H25NO2. The lowest BCUT2D eigenvalue weighted by Crippen LogP contribution is -2.26. The fourth-order valence-electron chi connectivity index (χ4n) is 3.03. The van der Waals surface area contributed by atoms with E-state index in [1.54, 1.807) is 0 Å². The molecule has 1 N–H and O–H groups in total. The number of aryl methyl sites for hydroxylation is 1. The number of rotatable bonds is 6. The second-order valence-electron chi connectivity index (χ2n) is 6.56. The van der Waals surface area contributed by atoms with Crippen LogP contribution in [0.2, 0.25) is 0 Å². The van der Waals surface area contributed by atoms with Gasteiger partial charge in [0.05, 0.1) is 6.10 Å². The number of amides is 1. The zero-order valence-electron chi connectivity index (χ0n) is 12.8. The van der Waals surface area contributed by atoms with E-state index in [0.29, 0.717) is 24.5 Å². The van der Waals surface area contributed by atoms with E-state index in [4.69, 9.17) is 4.74 Å². The molecular weight excluding hydrogens is 262 g/mol. The summed E-state index contributed by atoms with van der Waals surface area (Å²) in [6.07, 6.45) is 7.79. The Morgan fingerprint density at radius 2 is 2.10 bits per heavy atom. The van der Waals surface area contributed by atoms with Gasteiger partial charge in [0, 0.05) is 12.5 Å². The standard InChI is InChI=1S/C18H25NO2/c1-13-11-17(13)19-18(20)10-9-14-5-4-8-16(12-14)21-15-6-2-3-7-15/h4-5,8,12-13,15,17H,2-3,6-7,9-11H2,1H3,(H,19,20). The molecule has 114 valence electrons. The molecule has 0 aromatic heterocycles. The first-order valence-electron chi connectivity index (χ1n) is 8.25. The third kappa shape index (κ3) is 4.23. The second kappa shape index (κ2) is 6.50.